The van der Waals surface area contributed by atoms with Gasteiger partial charge in [0, 0.05) is 31.7 Å². The van der Waals surface area contributed by atoms with E-state index < -0.39 is 0 Å². The summed E-state index contributed by atoms with van der Waals surface area (Å²) in [6, 6.07) is 2.17. The molecule has 1 aromatic rings. The zero-order valence-electron chi connectivity index (χ0n) is 11.7. The van der Waals surface area contributed by atoms with Gasteiger partial charge in [-0.2, -0.15) is 0 Å². The first-order valence-electron chi connectivity index (χ1n) is 7.38. The molecule has 2 N–H and O–H groups in total. The molecule has 0 aliphatic carbocycles. The molecule has 2 saturated heterocycles. The number of rotatable bonds is 5. The summed E-state index contributed by atoms with van der Waals surface area (Å²) >= 11 is 0. The van der Waals surface area contributed by atoms with Crippen molar-refractivity contribution < 1.29 is 9.84 Å². The van der Waals surface area contributed by atoms with Gasteiger partial charge in [-0.15, -0.1) is 0 Å². The zero-order chi connectivity index (χ0) is 13.8. The molecule has 2 aliphatic rings. The molecule has 0 unspecified atom stereocenters. The first-order valence-corrected chi connectivity index (χ1v) is 7.38. The predicted octanol–water partition coefficient (Wildman–Crippen LogP) is 0.886. The fourth-order valence-corrected chi connectivity index (χ4v) is 2.92. The van der Waals surface area contributed by atoms with Crippen molar-refractivity contribution in [1.29, 1.82) is 0 Å². The van der Waals surface area contributed by atoms with Crippen molar-refractivity contribution in [2.75, 3.05) is 43.1 Å². The van der Waals surface area contributed by atoms with Crippen molar-refractivity contribution in [2.24, 2.45) is 5.92 Å². The molecule has 0 radical (unpaired) electrons. The SMILES string of the molecule is OC[C@@H]1CCCN1c1cc(NC[C@@H]2CCOC2)ncn1. The summed E-state index contributed by atoms with van der Waals surface area (Å²) in [5, 5.41) is 12.8. The van der Waals surface area contributed by atoms with Gasteiger partial charge in [-0.1, -0.05) is 0 Å². The Bertz CT molecular complexity index is 437. The van der Waals surface area contributed by atoms with E-state index in [1.54, 1.807) is 6.33 Å². The third-order valence-electron chi connectivity index (χ3n) is 4.13. The summed E-state index contributed by atoms with van der Waals surface area (Å²) in [6.45, 7) is 3.74. The molecule has 6 heteroatoms. The Morgan fingerprint density at radius 2 is 2.35 bits per heavy atom. The van der Waals surface area contributed by atoms with Crippen molar-refractivity contribution in [1.82, 2.24) is 9.97 Å². The van der Waals surface area contributed by atoms with E-state index in [-0.39, 0.29) is 12.6 Å². The summed E-state index contributed by atoms with van der Waals surface area (Å²) in [4.78, 5) is 10.8. The van der Waals surface area contributed by atoms with Crippen LogP contribution in [-0.2, 0) is 4.74 Å². The van der Waals surface area contributed by atoms with Crippen LogP contribution in [0.15, 0.2) is 12.4 Å². The fourth-order valence-electron chi connectivity index (χ4n) is 2.92. The third kappa shape index (κ3) is 3.02. The highest BCUT2D eigenvalue weighted by molar-refractivity contribution is 5.49. The quantitative estimate of drug-likeness (QED) is 0.833. The van der Waals surface area contributed by atoms with Crippen LogP contribution in [0.1, 0.15) is 19.3 Å². The van der Waals surface area contributed by atoms with Gasteiger partial charge in [0.2, 0.25) is 0 Å². The molecule has 0 spiro atoms. The molecule has 0 saturated carbocycles. The van der Waals surface area contributed by atoms with E-state index in [2.05, 4.69) is 20.2 Å². The first-order chi connectivity index (χ1) is 9.86. The molecule has 3 rings (SSSR count). The molecule has 2 atom stereocenters. The van der Waals surface area contributed by atoms with Crippen LogP contribution in [0.3, 0.4) is 0 Å². The maximum Gasteiger partial charge on any atom is 0.134 e. The zero-order valence-corrected chi connectivity index (χ0v) is 11.7. The Balaban J connectivity index is 1.63. The lowest BCUT2D eigenvalue weighted by atomic mass is 10.1. The second-order valence-electron chi connectivity index (χ2n) is 5.54. The molecule has 2 aliphatic heterocycles. The van der Waals surface area contributed by atoms with Gasteiger partial charge in [-0.25, -0.2) is 9.97 Å². The van der Waals surface area contributed by atoms with E-state index in [0.29, 0.717) is 5.92 Å². The van der Waals surface area contributed by atoms with Crippen LogP contribution in [0.25, 0.3) is 0 Å². The monoisotopic (exact) mass is 278 g/mol. The smallest absolute Gasteiger partial charge is 0.134 e. The molecule has 2 fully saturated rings. The lowest BCUT2D eigenvalue weighted by Gasteiger charge is -2.24. The normalized spacial score (nSPS) is 26.1. The molecule has 110 valence electrons. The van der Waals surface area contributed by atoms with E-state index in [1.165, 1.54) is 0 Å². The predicted molar refractivity (Wildman–Crippen MR) is 76.9 cm³/mol. The number of hydrogen-bond donors (Lipinski definition) is 2. The van der Waals surface area contributed by atoms with E-state index in [4.69, 9.17) is 4.74 Å². The van der Waals surface area contributed by atoms with Crippen molar-refractivity contribution in [3.8, 4) is 0 Å². The summed E-state index contributed by atoms with van der Waals surface area (Å²) in [7, 11) is 0. The van der Waals surface area contributed by atoms with Gasteiger partial charge in [0.1, 0.15) is 18.0 Å². The van der Waals surface area contributed by atoms with Crippen LogP contribution in [0, 0.1) is 5.92 Å². The number of aliphatic hydroxyl groups excluding tert-OH is 1. The van der Waals surface area contributed by atoms with Crippen LogP contribution in [0.2, 0.25) is 0 Å². The summed E-state index contributed by atoms with van der Waals surface area (Å²) < 4.78 is 5.37. The number of ether oxygens (including phenoxy) is 1. The van der Waals surface area contributed by atoms with Gasteiger partial charge >= 0.3 is 0 Å². The molecular weight excluding hydrogens is 256 g/mol. The van der Waals surface area contributed by atoms with Crippen molar-refractivity contribution in [2.45, 2.75) is 25.3 Å². The average molecular weight is 278 g/mol. The maximum atomic E-state index is 9.40. The summed E-state index contributed by atoms with van der Waals surface area (Å²) in [5.41, 5.74) is 0. The molecular formula is C14H22N4O2. The Morgan fingerprint density at radius 3 is 3.15 bits per heavy atom. The molecule has 1 aromatic heterocycles. The second-order valence-corrected chi connectivity index (χ2v) is 5.54. The van der Waals surface area contributed by atoms with Crippen molar-refractivity contribution in [3.63, 3.8) is 0 Å². The van der Waals surface area contributed by atoms with E-state index in [9.17, 15) is 5.11 Å². The highest BCUT2D eigenvalue weighted by Crippen LogP contribution is 2.24. The largest absolute Gasteiger partial charge is 0.394 e. The first kappa shape index (κ1) is 13.6. The Hall–Kier alpha value is -1.40. The van der Waals surface area contributed by atoms with E-state index in [1.807, 2.05) is 6.07 Å². The van der Waals surface area contributed by atoms with Gasteiger partial charge < -0.3 is 20.1 Å². The van der Waals surface area contributed by atoms with Gasteiger partial charge in [0.25, 0.3) is 0 Å². The van der Waals surface area contributed by atoms with Crippen LogP contribution >= 0.6 is 0 Å². The Labute approximate surface area is 119 Å². The van der Waals surface area contributed by atoms with E-state index >= 15 is 0 Å². The second kappa shape index (κ2) is 6.37. The van der Waals surface area contributed by atoms with Crippen LogP contribution < -0.4 is 10.2 Å². The van der Waals surface area contributed by atoms with Gasteiger partial charge in [0.05, 0.1) is 19.3 Å². The van der Waals surface area contributed by atoms with Crippen LogP contribution in [-0.4, -0.2) is 54.0 Å². The number of anilines is 2. The molecule has 6 nitrogen and oxygen atoms in total. The van der Waals surface area contributed by atoms with Gasteiger partial charge in [-0.05, 0) is 19.3 Å². The maximum absolute atomic E-state index is 9.40. The number of aliphatic hydroxyl groups is 1. The van der Waals surface area contributed by atoms with Gasteiger partial charge in [-0.3, -0.25) is 0 Å². The average Bonchev–Trinajstić information content (AvgIpc) is 3.16. The molecule has 3 heterocycles. The van der Waals surface area contributed by atoms with Gasteiger partial charge in [0.15, 0.2) is 0 Å². The summed E-state index contributed by atoms with van der Waals surface area (Å²) in [5.74, 6) is 2.33. The lowest BCUT2D eigenvalue weighted by molar-refractivity contribution is 0.187. The minimum atomic E-state index is 0.187. The minimum Gasteiger partial charge on any atom is -0.394 e. The fraction of sp³-hybridized carbons (Fsp3) is 0.714. The molecule has 0 bridgehead atoms. The number of aromatic nitrogens is 2. The van der Waals surface area contributed by atoms with Crippen LogP contribution in [0.5, 0.6) is 0 Å². The van der Waals surface area contributed by atoms with Crippen molar-refractivity contribution >= 4 is 11.6 Å². The summed E-state index contributed by atoms with van der Waals surface area (Å²) in [6.07, 6.45) is 4.85. The van der Waals surface area contributed by atoms with Crippen molar-refractivity contribution in [3.05, 3.63) is 12.4 Å². The highest BCUT2D eigenvalue weighted by atomic mass is 16.5. The molecule has 0 aromatic carbocycles. The topological polar surface area (TPSA) is 70.5 Å². The van der Waals surface area contributed by atoms with Crippen LogP contribution in [0.4, 0.5) is 11.6 Å². The lowest BCUT2D eigenvalue weighted by Crippen LogP contribution is -2.32. The molecule has 0 amide bonds. The van der Waals surface area contributed by atoms with E-state index in [0.717, 1.165) is 57.2 Å². The third-order valence-corrected chi connectivity index (χ3v) is 4.13. The number of hydrogen-bond acceptors (Lipinski definition) is 6. The highest BCUT2D eigenvalue weighted by Gasteiger charge is 2.25. The standard InChI is InChI=1S/C14H22N4O2/c19-8-12-2-1-4-18(12)14-6-13(16-10-17-14)15-7-11-3-5-20-9-11/h6,10-12,19H,1-5,7-9H2,(H,15,16,17)/t11-,12-/m0/s1. The Morgan fingerprint density at radius 1 is 1.40 bits per heavy atom. The number of nitrogens with zero attached hydrogens (tertiary/aromatic N) is 3. The molecule has 20 heavy (non-hydrogen) atoms. The minimum absolute atomic E-state index is 0.187. The Kier molecular flexibility index (Phi) is 4.32. The number of nitrogens with one attached hydrogen (secondary N) is 1.